The predicted octanol–water partition coefficient (Wildman–Crippen LogP) is 5.61. The molecular formula is C45H66ClN5O9S. The van der Waals surface area contributed by atoms with Gasteiger partial charge in [-0.05, 0) is 81.4 Å². The van der Waals surface area contributed by atoms with Gasteiger partial charge in [-0.2, -0.15) is 11.8 Å². The lowest BCUT2D eigenvalue weighted by molar-refractivity contribution is -0.133. The highest BCUT2D eigenvalue weighted by Gasteiger charge is 2.42. The van der Waals surface area contributed by atoms with E-state index in [2.05, 4.69) is 62.1 Å². The van der Waals surface area contributed by atoms with Gasteiger partial charge in [0.05, 0.1) is 78.2 Å². The molecule has 3 aliphatic rings. The summed E-state index contributed by atoms with van der Waals surface area (Å²) in [6.07, 6.45) is 9.38. The molecule has 0 unspecified atom stereocenters. The molecule has 0 radical (unpaired) electrons. The Morgan fingerprint density at radius 3 is 2.25 bits per heavy atom. The summed E-state index contributed by atoms with van der Waals surface area (Å²) >= 11 is 8.32. The monoisotopic (exact) mass is 887 g/mol. The summed E-state index contributed by atoms with van der Waals surface area (Å²) < 4.78 is 27.8. The van der Waals surface area contributed by atoms with Crippen molar-refractivity contribution in [3.8, 4) is 0 Å². The van der Waals surface area contributed by atoms with E-state index in [1.54, 1.807) is 6.08 Å². The first-order valence-corrected chi connectivity index (χ1v) is 23.3. The van der Waals surface area contributed by atoms with Crippen molar-refractivity contribution in [2.45, 2.75) is 75.1 Å². The quantitative estimate of drug-likeness (QED) is 0.0422. The zero-order chi connectivity index (χ0) is 43.1. The highest BCUT2D eigenvalue weighted by molar-refractivity contribution is 8.00. The summed E-state index contributed by atoms with van der Waals surface area (Å²) in [5.74, 6) is 0.0649. The number of carbonyl (C=O) groups is 3. The van der Waals surface area contributed by atoms with Crippen LogP contribution in [0.15, 0.2) is 54.1 Å². The van der Waals surface area contributed by atoms with Crippen molar-refractivity contribution < 1.29 is 43.2 Å². The molecule has 61 heavy (non-hydrogen) atoms. The molecule has 5 rings (SSSR count). The number of nitrogens with one attached hydrogen (secondary N) is 3. The number of unbranched alkanes of at least 4 members (excludes halogenated alkanes) is 2. The third-order valence-electron chi connectivity index (χ3n) is 11.0. The SMILES string of the molecule is CN(C/C=C(\CCOCCOCCOCCOCCOCCNC(=O)CCCC[C@@H]1SC[C@@H]2NC(=O)N[C@@H]21)C(=O)O)CCCCN1c2ccccc2CCc2ccc(Cl)cc21. The molecule has 0 spiro atoms. The summed E-state index contributed by atoms with van der Waals surface area (Å²) in [5, 5.41) is 19.8. The van der Waals surface area contributed by atoms with E-state index in [4.69, 9.17) is 35.3 Å². The van der Waals surface area contributed by atoms with Crippen LogP contribution in [0.5, 0.6) is 0 Å². The molecule has 2 fully saturated rings. The van der Waals surface area contributed by atoms with Crippen molar-refractivity contribution >= 4 is 52.6 Å². The van der Waals surface area contributed by atoms with E-state index in [0.717, 1.165) is 68.8 Å². The van der Waals surface area contributed by atoms with Gasteiger partial charge in [0.2, 0.25) is 5.91 Å². The normalized spacial score (nSPS) is 18.3. The molecule has 338 valence electrons. The van der Waals surface area contributed by atoms with Crippen molar-refractivity contribution in [1.82, 2.24) is 20.9 Å². The number of likely N-dealkylation sites (N-methyl/N-ethyl adjacent to an activating group) is 1. The number of halogens is 1. The van der Waals surface area contributed by atoms with E-state index >= 15 is 0 Å². The Kier molecular flexibility index (Phi) is 22.0. The van der Waals surface area contributed by atoms with Crippen molar-refractivity contribution in [1.29, 1.82) is 0 Å². The number of aliphatic carboxylic acids is 1. The topological polar surface area (TPSA) is 160 Å². The first kappa shape index (κ1) is 48.6. The number of fused-ring (bicyclic) bond motifs is 3. The van der Waals surface area contributed by atoms with Crippen LogP contribution in [0.4, 0.5) is 16.2 Å². The van der Waals surface area contributed by atoms with E-state index in [-0.39, 0.29) is 24.0 Å². The number of hydrogen-bond donors (Lipinski definition) is 4. The maximum absolute atomic E-state index is 12.1. The Morgan fingerprint density at radius 1 is 0.852 bits per heavy atom. The predicted molar refractivity (Wildman–Crippen MR) is 240 cm³/mol. The minimum atomic E-state index is -0.920. The molecule has 0 aliphatic carbocycles. The Labute approximate surface area is 370 Å². The highest BCUT2D eigenvalue weighted by Crippen LogP contribution is 2.38. The van der Waals surface area contributed by atoms with Crippen molar-refractivity contribution in [2.24, 2.45) is 0 Å². The second kappa shape index (κ2) is 27.6. The Balaban J connectivity index is 0.785. The lowest BCUT2D eigenvalue weighted by Gasteiger charge is -2.27. The van der Waals surface area contributed by atoms with Gasteiger partial charge in [-0.15, -0.1) is 0 Å². The standard InChI is InChI=1S/C45H66ClN5O9S/c1-50(19-6-7-20-51-39-9-3-2-8-34(39)12-13-35-14-15-37(46)32-40(35)51)21-16-36(44(53)54)17-22-56-24-26-58-28-30-60-31-29-59-27-25-57-23-18-47-42(52)11-5-4-10-41-43-38(33-61-41)48-45(55)49-43/h2-3,8-9,14-16,32,38,41,43H,4-7,10-13,17-31,33H2,1H3,(H,47,52)(H,53,54)(H2,48,49,55)/b36-16+/t38-,41-,43-/m0/s1. The molecule has 2 aromatic carbocycles. The third kappa shape index (κ3) is 17.4. The Bertz CT molecular complexity index is 1690. The second-order valence-electron chi connectivity index (χ2n) is 15.6. The van der Waals surface area contributed by atoms with Crippen LogP contribution in [-0.2, 0) is 46.1 Å². The fourth-order valence-electron chi connectivity index (χ4n) is 7.72. The first-order valence-electron chi connectivity index (χ1n) is 21.9. The molecule has 0 aromatic heterocycles. The van der Waals surface area contributed by atoms with Crippen LogP contribution in [0.3, 0.4) is 0 Å². The van der Waals surface area contributed by atoms with Crippen LogP contribution in [0.1, 0.15) is 56.1 Å². The number of rotatable bonds is 31. The van der Waals surface area contributed by atoms with Crippen molar-refractivity contribution in [3.05, 3.63) is 70.3 Å². The molecule has 3 atom stereocenters. The number of amides is 3. The molecule has 0 bridgehead atoms. The van der Waals surface area contributed by atoms with Gasteiger partial charge in [0, 0.05) is 65.4 Å². The number of aryl methyl sites for hydroxylation is 2. The average molecular weight is 889 g/mol. The lowest BCUT2D eigenvalue weighted by Crippen LogP contribution is -2.36. The summed E-state index contributed by atoms with van der Waals surface area (Å²) in [6, 6.07) is 15.2. The molecule has 3 heterocycles. The first-order chi connectivity index (χ1) is 29.8. The van der Waals surface area contributed by atoms with Gasteiger partial charge in [0.1, 0.15) is 0 Å². The number of ether oxygens (including phenoxy) is 5. The minimum Gasteiger partial charge on any atom is -0.478 e. The van der Waals surface area contributed by atoms with Gasteiger partial charge >= 0.3 is 12.0 Å². The number of carboxylic acids is 1. The number of nitrogens with zero attached hydrogens (tertiary/aromatic N) is 2. The summed E-state index contributed by atoms with van der Waals surface area (Å²) in [7, 11) is 2.02. The largest absolute Gasteiger partial charge is 0.478 e. The van der Waals surface area contributed by atoms with Crippen molar-refractivity contribution in [2.75, 3.05) is 110 Å². The number of hydrogen-bond acceptors (Lipinski definition) is 11. The molecule has 14 nitrogen and oxygen atoms in total. The fraction of sp³-hybridized carbons (Fsp3) is 0.622. The second-order valence-corrected chi connectivity index (χ2v) is 17.3. The molecule has 4 N–H and O–H groups in total. The summed E-state index contributed by atoms with van der Waals surface area (Å²) in [6.45, 7) is 6.91. The number of benzene rings is 2. The number of anilines is 2. The number of thioether (sulfide) groups is 1. The van der Waals surface area contributed by atoms with Crippen LogP contribution >= 0.6 is 23.4 Å². The van der Waals surface area contributed by atoms with Gasteiger partial charge in [-0.25, -0.2) is 9.59 Å². The molecule has 3 amide bonds. The van der Waals surface area contributed by atoms with Gasteiger partial charge in [0.15, 0.2) is 0 Å². The Morgan fingerprint density at radius 2 is 1.52 bits per heavy atom. The number of urea groups is 1. The third-order valence-corrected chi connectivity index (χ3v) is 12.8. The maximum atomic E-state index is 12.1. The van der Waals surface area contributed by atoms with Crippen LogP contribution in [0.25, 0.3) is 0 Å². The number of para-hydroxylation sites is 1. The van der Waals surface area contributed by atoms with Gasteiger partial charge in [0.25, 0.3) is 0 Å². The smallest absolute Gasteiger partial charge is 0.331 e. The van der Waals surface area contributed by atoms with E-state index in [0.29, 0.717) is 103 Å². The molecular weight excluding hydrogens is 822 g/mol. The highest BCUT2D eigenvalue weighted by atomic mass is 35.5. The fourth-order valence-corrected chi connectivity index (χ4v) is 9.43. The zero-order valence-corrected chi connectivity index (χ0v) is 37.3. The van der Waals surface area contributed by atoms with Crippen molar-refractivity contribution in [3.63, 3.8) is 0 Å². The summed E-state index contributed by atoms with van der Waals surface area (Å²) in [5.41, 5.74) is 5.46. The molecule has 3 aliphatic heterocycles. The van der Waals surface area contributed by atoms with E-state index in [1.165, 1.54) is 22.5 Å². The average Bonchev–Trinajstić information content (AvgIpc) is 3.76. The van der Waals surface area contributed by atoms with Crippen LogP contribution < -0.4 is 20.9 Å². The van der Waals surface area contributed by atoms with Crippen LogP contribution in [0, 0.1) is 0 Å². The summed E-state index contributed by atoms with van der Waals surface area (Å²) in [4.78, 5) is 40.0. The molecule has 2 aromatic rings. The van der Waals surface area contributed by atoms with E-state index in [1.807, 2.05) is 24.9 Å². The zero-order valence-electron chi connectivity index (χ0n) is 35.7. The maximum Gasteiger partial charge on any atom is 0.331 e. The van der Waals surface area contributed by atoms with E-state index < -0.39 is 5.97 Å². The lowest BCUT2D eigenvalue weighted by atomic mass is 10.0. The molecule has 0 saturated carbocycles. The Hall–Kier alpha value is -3.41. The minimum absolute atomic E-state index is 0.0330. The van der Waals surface area contributed by atoms with E-state index in [9.17, 15) is 19.5 Å². The van der Waals surface area contributed by atoms with Crippen LogP contribution in [-0.4, -0.2) is 150 Å². The van der Waals surface area contributed by atoms with Gasteiger partial charge in [-0.1, -0.05) is 48.4 Å². The number of carbonyl (C=O) groups excluding carboxylic acids is 2. The number of carboxylic acid groups (broad SMARTS) is 1. The van der Waals surface area contributed by atoms with Crippen LogP contribution in [0.2, 0.25) is 5.02 Å². The molecule has 2 saturated heterocycles. The van der Waals surface area contributed by atoms with Gasteiger partial charge < -0.3 is 54.5 Å². The molecule has 16 heteroatoms. The van der Waals surface area contributed by atoms with Gasteiger partial charge in [-0.3, -0.25) is 4.79 Å².